The van der Waals surface area contributed by atoms with Crippen molar-refractivity contribution >= 4 is 12.3 Å². The highest BCUT2D eigenvalue weighted by molar-refractivity contribution is 5.73. The Morgan fingerprint density at radius 1 is 1.78 bits per heavy atom. The highest BCUT2D eigenvalue weighted by atomic mass is 16.5. The standard InChI is InChI=1S/C5H10N2O2/c1-5(9-3)6-7(2)4-8/h4H,1-3H3/b6-5-. The van der Waals surface area contributed by atoms with Crippen molar-refractivity contribution in [3.63, 3.8) is 0 Å². The summed E-state index contributed by atoms with van der Waals surface area (Å²) in [4.78, 5) is 9.92. The number of methoxy groups -OCH3 is 1. The van der Waals surface area contributed by atoms with Gasteiger partial charge in [0.05, 0.1) is 7.11 Å². The van der Waals surface area contributed by atoms with Crippen LogP contribution in [0.4, 0.5) is 0 Å². The van der Waals surface area contributed by atoms with Crippen LogP contribution in [-0.4, -0.2) is 31.5 Å². The second-order valence-corrected chi connectivity index (χ2v) is 1.50. The van der Waals surface area contributed by atoms with E-state index in [1.165, 1.54) is 14.2 Å². The van der Waals surface area contributed by atoms with Crippen molar-refractivity contribution in [2.24, 2.45) is 5.10 Å². The molecule has 0 radical (unpaired) electrons. The van der Waals surface area contributed by atoms with E-state index in [0.717, 1.165) is 5.01 Å². The van der Waals surface area contributed by atoms with Gasteiger partial charge in [-0.25, -0.2) is 5.01 Å². The van der Waals surface area contributed by atoms with Crippen molar-refractivity contribution in [3.8, 4) is 0 Å². The van der Waals surface area contributed by atoms with Crippen LogP contribution in [0.5, 0.6) is 0 Å². The van der Waals surface area contributed by atoms with Crippen LogP contribution in [0.15, 0.2) is 5.10 Å². The fraction of sp³-hybridized carbons (Fsp3) is 0.600. The molecule has 0 atom stereocenters. The molecule has 0 spiro atoms. The molecule has 0 aromatic rings. The molecule has 1 amide bonds. The number of carbonyl (C=O) groups is 1. The molecule has 0 aliphatic heterocycles. The summed E-state index contributed by atoms with van der Waals surface area (Å²) in [5, 5.41) is 4.81. The first kappa shape index (κ1) is 7.94. The van der Waals surface area contributed by atoms with Crippen LogP contribution in [0.2, 0.25) is 0 Å². The lowest BCUT2D eigenvalue weighted by atomic mass is 10.8. The molecule has 4 heteroatoms. The predicted molar refractivity (Wildman–Crippen MR) is 33.9 cm³/mol. The summed E-state index contributed by atoms with van der Waals surface area (Å²) in [5.41, 5.74) is 0. The summed E-state index contributed by atoms with van der Waals surface area (Å²) in [5.74, 6) is 0.463. The average Bonchev–Trinajstić information content (AvgIpc) is 1.87. The minimum absolute atomic E-state index is 0.463. The molecule has 0 aliphatic rings. The molecular weight excluding hydrogens is 120 g/mol. The molecule has 9 heavy (non-hydrogen) atoms. The largest absolute Gasteiger partial charge is 0.483 e. The second kappa shape index (κ2) is 3.88. The van der Waals surface area contributed by atoms with E-state index in [1.807, 2.05) is 0 Å². The van der Waals surface area contributed by atoms with E-state index in [1.54, 1.807) is 6.92 Å². The fourth-order valence-electron chi connectivity index (χ4n) is 0.287. The number of nitrogens with zero attached hydrogens (tertiary/aromatic N) is 2. The zero-order valence-corrected chi connectivity index (χ0v) is 5.79. The van der Waals surface area contributed by atoms with Gasteiger partial charge in [-0.15, -0.1) is 5.10 Å². The van der Waals surface area contributed by atoms with Gasteiger partial charge in [-0.05, 0) is 0 Å². The molecule has 0 bridgehead atoms. The van der Waals surface area contributed by atoms with Crippen LogP contribution in [0.1, 0.15) is 6.92 Å². The maximum Gasteiger partial charge on any atom is 0.229 e. The van der Waals surface area contributed by atoms with Gasteiger partial charge in [-0.2, -0.15) is 0 Å². The molecule has 0 aromatic heterocycles. The van der Waals surface area contributed by atoms with Crippen LogP contribution in [0, 0.1) is 0 Å². The molecule has 0 aromatic carbocycles. The number of amides is 1. The van der Waals surface area contributed by atoms with Gasteiger partial charge in [0.2, 0.25) is 12.3 Å². The van der Waals surface area contributed by atoms with Crippen molar-refractivity contribution in [2.75, 3.05) is 14.2 Å². The number of carbonyl (C=O) groups excluding carboxylic acids is 1. The van der Waals surface area contributed by atoms with Crippen LogP contribution in [0.25, 0.3) is 0 Å². The molecule has 0 N–H and O–H groups in total. The minimum atomic E-state index is 0.463. The Bertz CT molecular complexity index is 122. The maximum atomic E-state index is 9.92. The molecule has 0 unspecified atom stereocenters. The summed E-state index contributed by atoms with van der Waals surface area (Å²) >= 11 is 0. The van der Waals surface area contributed by atoms with Crippen molar-refractivity contribution in [3.05, 3.63) is 0 Å². The molecule has 0 saturated heterocycles. The Hall–Kier alpha value is -1.06. The molecule has 52 valence electrons. The van der Waals surface area contributed by atoms with E-state index in [2.05, 4.69) is 9.84 Å². The zero-order chi connectivity index (χ0) is 7.28. The Labute approximate surface area is 54.1 Å². The van der Waals surface area contributed by atoms with Gasteiger partial charge in [-0.3, -0.25) is 4.79 Å². The lowest BCUT2D eigenvalue weighted by Crippen LogP contribution is -2.11. The number of hydrogen-bond donors (Lipinski definition) is 0. The van der Waals surface area contributed by atoms with Gasteiger partial charge in [0.15, 0.2) is 0 Å². The molecule has 0 fully saturated rings. The Kier molecular flexibility index (Phi) is 3.43. The topological polar surface area (TPSA) is 41.9 Å². The lowest BCUT2D eigenvalue weighted by Gasteiger charge is -2.02. The first-order chi connectivity index (χ1) is 4.20. The van der Waals surface area contributed by atoms with Gasteiger partial charge in [0, 0.05) is 14.0 Å². The second-order valence-electron chi connectivity index (χ2n) is 1.50. The zero-order valence-electron chi connectivity index (χ0n) is 5.79. The van der Waals surface area contributed by atoms with Crippen molar-refractivity contribution in [1.82, 2.24) is 5.01 Å². The summed E-state index contributed by atoms with van der Waals surface area (Å²) in [6.07, 6.45) is 0.600. The van der Waals surface area contributed by atoms with Gasteiger partial charge < -0.3 is 4.74 Å². The Balaban J connectivity index is 3.78. The first-order valence-corrected chi connectivity index (χ1v) is 2.48. The normalized spacial score (nSPS) is 10.8. The smallest absolute Gasteiger partial charge is 0.229 e. The van der Waals surface area contributed by atoms with E-state index >= 15 is 0 Å². The third kappa shape index (κ3) is 3.52. The number of ether oxygens (including phenoxy) is 1. The number of hydrazone groups is 1. The third-order valence-electron chi connectivity index (χ3n) is 0.747. The molecule has 4 nitrogen and oxygen atoms in total. The number of hydrogen-bond acceptors (Lipinski definition) is 3. The molecule has 0 rings (SSSR count). The van der Waals surface area contributed by atoms with E-state index in [-0.39, 0.29) is 0 Å². The van der Waals surface area contributed by atoms with Crippen LogP contribution >= 0.6 is 0 Å². The summed E-state index contributed by atoms with van der Waals surface area (Å²) in [6, 6.07) is 0. The molecule has 0 heterocycles. The highest BCUT2D eigenvalue weighted by Gasteiger charge is 1.88. The van der Waals surface area contributed by atoms with Crippen LogP contribution < -0.4 is 0 Å². The van der Waals surface area contributed by atoms with E-state index in [4.69, 9.17) is 0 Å². The molecular formula is C5H10N2O2. The van der Waals surface area contributed by atoms with Gasteiger partial charge in [-0.1, -0.05) is 0 Å². The van der Waals surface area contributed by atoms with Crippen LogP contribution in [0.3, 0.4) is 0 Å². The average molecular weight is 130 g/mol. The van der Waals surface area contributed by atoms with Crippen molar-refractivity contribution in [1.29, 1.82) is 0 Å². The Morgan fingerprint density at radius 2 is 2.33 bits per heavy atom. The monoisotopic (exact) mass is 130 g/mol. The first-order valence-electron chi connectivity index (χ1n) is 2.48. The molecule has 0 aliphatic carbocycles. The SMILES string of the molecule is CO/C(C)=N\N(C)C=O. The maximum absolute atomic E-state index is 9.92. The quantitative estimate of drug-likeness (QED) is 0.229. The number of rotatable bonds is 2. The fourth-order valence-corrected chi connectivity index (χ4v) is 0.287. The van der Waals surface area contributed by atoms with Gasteiger partial charge >= 0.3 is 0 Å². The van der Waals surface area contributed by atoms with E-state index < -0.39 is 0 Å². The third-order valence-corrected chi connectivity index (χ3v) is 0.747. The Morgan fingerprint density at radius 3 is 2.67 bits per heavy atom. The highest BCUT2D eigenvalue weighted by Crippen LogP contribution is 1.80. The van der Waals surface area contributed by atoms with E-state index in [0.29, 0.717) is 12.3 Å². The van der Waals surface area contributed by atoms with Gasteiger partial charge in [0.1, 0.15) is 0 Å². The lowest BCUT2D eigenvalue weighted by molar-refractivity contribution is -0.117. The predicted octanol–water partition coefficient (Wildman–Crippen LogP) is 0.0544. The molecule has 0 saturated carbocycles. The summed E-state index contributed by atoms with van der Waals surface area (Å²) in [7, 11) is 3.03. The van der Waals surface area contributed by atoms with Crippen molar-refractivity contribution in [2.45, 2.75) is 6.92 Å². The van der Waals surface area contributed by atoms with Crippen LogP contribution in [-0.2, 0) is 9.53 Å². The summed E-state index contributed by atoms with van der Waals surface area (Å²) < 4.78 is 4.67. The minimum Gasteiger partial charge on any atom is -0.483 e. The van der Waals surface area contributed by atoms with Crippen molar-refractivity contribution < 1.29 is 9.53 Å². The van der Waals surface area contributed by atoms with Gasteiger partial charge in [0.25, 0.3) is 0 Å². The van der Waals surface area contributed by atoms with E-state index in [9.17, 15) is 4.79 Å². The summed E-state index contributed by atoms with van der Waals surface area (Å²) in [6.45, 7) is 1.67.